The molecule has 0 aliphatic carbocycles. The summed E-state index contributed by atoms with van der Waals surface area (Å²) in [6, 6.07) is 5.96. The molecule has 0 amide bonds. The average Bonchev–Trinajstić information content (AvgIpc) is 3.10. The SMILES string of the molecule is CN=C(NCc1ccsc1)NCc1cccnc1OCCOC. The van der Waals surface area contributed by atoms with E-state index in [0.717, 1.165) is 18.1 Å². The Labute approximate surface area is 140 Å². The van der Waals surface area contributed by atoms with Gasteiger partial charge in [-0.3, -0.25) is 4.99 Å². The van der Waals surface area contributed by atoms with Gasteiger partial charge in [0.15, 0.2) is 5.96 Å². The number of nitrogens with zero attached hydrogens (tertiary/aromatic N) is 2. The Balaban J connectivity index is 1.85. The molecule has 0 saturated carbocycles. The summed E-state index contributed by atoms with van der Waals surface area (Å²) in [5.41, 5.74) is 2.21. The number of methoxy groups -OCH3 is 1. The third-order valence-electron chi connectivity index (χ3n) is 3.09. The van der Waals surface area contributed by atoms with Crippen LogP contribution in [-0.4, -0.2) is 38.3 Å². The molecule has 2 heterocycles. The maximum absolute atomic E-state index is 5.63. The molecular formula is C16H22N4O2S. The molecule has 2 aromatic heterocycles. The minimum absolute atomic E-state index is 0.478. The van der Waals surface area contributed by atoms with E-state index in [4.69, 9.17) is 9.47 Å². The van der Waals surface area contributed by atoms with Gasteiger partial charge in [-0.15, -0.1) is 0 Å². The molecule has 7 heteroatoms. The second kappa shape index (κ2) is 9.81. The van der Waals surface area contributed by atoms with Crippen molar-refractivity contribution in [3.05, 3.63) is 46.3 Å². The van der Waals surface area contributed by atoms with Crippen LogP contribution in [0.3, 0.4) is 0 Å². The van der Waals surface area contributed by atoms with Gasteiger partial charge in [0, 0.05) is 39.0 Å². The van der Waals surface area contributed by atoms with Gasteiger partial charge in [-0.2, -0.15) is 11.3 Å². The van der Waals surface area contributed by atoms with E-state index < -0.39 is 0 Å². The number of nitrogens with one attached hydrogen (secondary N) is 2. The van der Waals surface area contributed by atoms with Gasteiger partial charge >= 0.3 is 0 Å². The predicted molar refractivity (Wildman–Crippen MR) is 93.0 cm³/mol. The van der Waals surface area contributed by atoms with Crippen molar-refractivity contribution in [1.29, 1.82) is 0 Å². The third-order valence-corrected chi connectivity index (χ3v) is 3.82. The third kappa shape index (κ3) is 5.88. The zero-order valence-electron chi connectivity index (χ0n) is 13.4. The molecule has 23 heavy (non-hydrogen) atoms. The first-order valence-corrected chi connectivity index (χ1v) is 8.29. The molecule has 0 saturated heterocycles. The Bertz CT molecular complexity index is 602. The molecule has 0 radical (unpaired) electrons. The van der Waals surface area contributed by atoms with Crippen LogP contribution >= 0.6 is 11.3 Å². The molecule has 6 nitrogen and oxygen atoms in total. The van der Waals surface area contributed by atoms with Crippen molar-refractivity contribution < 1.29 is 9.47 Å². The molecule has 0 bridgehead atoms. The van der Waals surface area contributed by atoms with Gasteiger partial charge in [0.2, 0.25) is 5.88 Å². The quantitative estimate of drug-likeness (QED) is 0.439. The number of rotatable bonds is 8. The van der Waals surface area contributed by atoms with Crippen LogP contribution < -0.4 is 15.4 Å². The number of aliphatic imine (C=N–C) groups is 1. The largest absolute Gasteiger partial charge is 0.475 e. The van der Waals surface area contributed by atoms with E-state index in [0.29, 0.717) is 25.6 Å². The Morgan fingerprint density at radius 2 is 2.13 bits per heavy atom. The summed E-state index contributed by atoms with van der Waals surface area (Å²) < 4.78 is 10.6. The number of thiophene rings is 1. The van der Waals surface area contributed by atoms with Crippen LogP contribution in [0.5, 0.6) is 5.88 Å². The highest BCUT2D eigenvalue weighted by molar-refractivity contribution is 7.07. The van der Waals surface area contributed by atoms with Crippen LogP contribution in [0.1, 0.15) is 11.1 Å². The van der Waals surface area contributed by atoms with Crippen molar-refractivity contribution >= 4 is 17.3 Å². The lowest BCUT2D eigenvalue weighted by atomic mass is 10.2. The molecule has 2 N–H and O–H groups in total. The predicted octanol–water partition coefficient (Wildman–Crippen LogP) is 2.03. The van der Waals surface area contributed by atoms with E-state index in [-0.39, 0.29) is 0 Å². The second-order valence-electron chi connectivity index (χ2n) is 4.72. The van der Waals surface area contributed by atoms with Crippen molar-refractivity contribution in [2.24, 2.45) is 4.99 Å². The molecule has 0 unspecified atom stereocenters. The molecule has 0 aromatic carbocycles. The van der Waals surface area contributed by atoms with Crippen LogP contribution in [0.25, 0.3) is 0 Å². The van der Waals surface area contributed by atoms with Crippen LogP contribution in [0.2, 0.25) is 0 Å². The number of aromatic nitrogens is 1. The zero-order chi connectivity index (χ0) is 16.3. The summed E-state index contributed by atoms with van der Waals surface area (Å²) in [5.74, 6) is 1.35. The highest BCUT2D eigenvalue weighted by Crippen LogP contribution is 2.13. The van der Waals surface area contributed by atoms with Crippen LogP contribution in [0.4, 0.5) is 0 Å². The summed E-state index contributed by atoms with van der Waals surface area (Å²) in [6.45, 7) is 2.34. The first-order valence-electron chi connectivity index (χ1n) is 7.34. The fourth-order valence-corrected chi connectivity index (χ4v) is 2.56. The number of pyridine rings is 1. The first-order chi connectivity index (χ1) is 11.3. The minimum Gasteiger partial charge on any atom is -0.475 e. The van der Waals surface area contributed by atoms with Crippen LogP contribution in [0, 0.1) is 0 Å². The molecule has 124 valence electrons. The molecule has 2 rings (SSSR count). The Hall–Kier alpha value is -2.12. The molecule has 2 aromatic rings. The van der Waals surface area contributed by atoms with E-state index in [1.54, 1.807) is 31.7 Å². The Morgan fingerprint density at radius 1 is 1.26 bits per heavy atom. The molecule has 0 aliphatic heterocycles. The second-order valence-corrected chi connectivity index (χ2v) is 5.50. The molecule has 0 aliphatic rings. The van der Waals surface area contributed by atoms with Crippen molar-refractivity contribution in [3.63, 3.8) is 0 Å². The number of hydrogen-bond acceptors (Lipinski definition) is 5. The van der Waals surface area contributed by atoms with E-state index >= 15 is 0 Å². The Kier molecular flexibility index (Phi) is 7.35. The normalized spacial score (nSPS) is 11.3. The van der Waals surface area contributed by atoms with E-state index in [2.05, 4.69) is 37.4 Å². The summed E-state index contributed by atoms with van der Waals surface area (Å²) >= 11 is 1.69. The topological polar surface area (TPSA) is 67.8 Å². The van der Waals surface area contributed by atoms with Crippen molar-refractivity contribution in [3.8, 4) is 5.88 Å². The number of ether oxygens (including phenoxy) is 2. The highest BCUT2D eigenvalue weighted by Gasteiger charge is 2.06. The maximum atomic E-state index is 5.63. The van der Waals surface area contributed by atoms with E-state index in [9.17, 15) is 0 Å². The van der Waals surface area contributed by atoms with Crippen LogP contribution in [-0.2, 0) is 17.8 Å². The van der Waals surface area contributed by atoms with E-state index in [1.165, 1.54) is 5.56 Å². The van der Waals surface area contributed by atoms with Gasteiger partial charge in [-0.05, 0) is 28.5 Å². The smallest absolute Gasteiger partial charge is 0.218 e. The van der Waals surface area contributed by atoms with Gasteiger partial charge in [0.25, 0.3) is 0 Å². The lowest BCUT2D eigenvalue weighted by molar-refractivity contribution is 0.143. The van der Waals surface area contributed by atoms with Crippen molar-refractivity contribution in [2.45, 2.75) is 13.1 Å². The minimum atomic E-state index is 0.478. The van der Waals surface area contributed by atoms with Gasteiger partial charge in [-0.1, -0.05) is 6.07 Å². The van der Waals surface area contributed by atoms with Gasteiger partial charge in [0.1, 0.15) is 6.61 Å². The summed E-state index contributed by atoms with van der Waals surface area (Å²) in [7, 11) is 3.40. The average molecular weight is 334 g/mol. The molecule has 0 atom stereocenters. The number of hydrogen-bond donors (Lipinski definition) is 2. The van der Waals surface area contributed by atoms with Gasteiger partial charge in [0.05, 0.1) is 6.61 Å². The van der Waals surface area contributed by atoms with E-state index in [1.807, 2.05) is 12.1 Å². The summed E-state index contributed by atoms with van der Waals surface area (Å²) in [4.78, 5) is 8.49. The van der Waals surface area contributed by atoms with Crippen molar-refractivity contribution in [2.75, 3.05) is 27.4 Å². The van der Waals surface area contributed by atoms with Crippen molar-refractivity contribution in [1.82, 2.24) is 15.6 Å². The molecule has 0 fully saturated rings. The standard InChI is InChI=1S/C16H22N4O2S/c1-17-16(19-10-13-5-9-23-12-13)20-11-14-4-3-6-18-15(14)22-8-7-21-2/h3-6,9,12H,7-8,10-11H2,1-2H3,(H2,17,19,20). The lowest BCUT2D eigenvalue weighted by Crippen LogP contribution is -2.36. The van der Waals surface area contributed by atoms with Gasteiger partial charge < -0.3 is 20.1 Å². The summed E-state index contributed by atoms with van der Waals surface area (Å²) in [5, 5.41) is 10.7. The number of guanidine groups is 1. The molecule has 0 spiro atoms. The molecular weight excluding hydrogens is 312 g/mol. The monoisotopic (exact) mass is 334 g/mol. The maximum Gasteiger partial charge on any atom is 0.218 e. The van der Waals surface area contributed by atoms with Gasteiger partial charge in [-0.25, -0.2) is 4.98 Å². The highest BCUT2D eigenvalue weighted by atomic mass is 32.1. The lowest BCUT2D eigenvalue weighted by Gasteiger charge is -2.13. The summed E-state index contributed by atoms with van der Waals surface area (Å²) in [6.07, 6.45) is 1.72. The fraction of sp³-hybridized carbons (Fsp3) is 0.375. The fourth-order valence-electron chi connectivity index (χ4n) is 1.89. The Morgan fingerprint density at radius 3 is 2.87 bits per heavy atom. The zero-order valence-corrected chi connectivity index (χ0v) is 14.2. The van der Waals surface area contributed by atoms with Crippen LogP contribution in [0.15, 0.2) is 40.1 Å². The first kappa shape index (κ1) is 17.2.